The molecule has 0 saturated carbocycles. The number of hydrogen-bond donors (Lipinski definition) is 2. The zero-order chi connectivity index (χ0) is 14.3. The van der Waals surface area contributed by atoms with E-state index in [1.165, 1.54) is 0 Å². The van der Waals surface area contributed by atoms with Crippen molar-refractivity contribution >= 4 is 5.91 Å². The van der Waals surface area contributed by atoms with Crippen molar-refractivity contribution in [2.45, 2.75) is 19.9 Å². The zero-order valence-electron chi connectivity index (χ0n) is 11.9. The molecule has 1 unspecified atom stereocenters. The highest BCUT2D eigenvalue weighted by atomic mass is 16.5. The van der Waals surface area contributed by atoms with Crippen LogP contribution in [-0.2, 0) is 4.79 Å². The molecule has 1 aromatic rings. The van der Waals surface area contributed by atoms with E-state index < -0.39 is 0 Å². The quantitative estimate of drug-likeness (QED) is 0.785. The van der Waals surface area contributed by atoms with Crippen molar-refractivity contribution < 1.29 is 14.3 Å². The molecule has 5 nitrogen and oxygen atoms in total. The Kier molecular flexibility index (Phi) is 6.15. The van der Waals surface area contributed by atoms with Gasteiger partial charge in [0.25, 0.3) is 0 Å². The molecule has 0 spiro atoms. The van der Waals surface area contributed by atoms with Gasteiger partial charge in [0.1, 0.15) is 11.5 Å². The van der Waals surface area contributed by atoms with Crippen LogP contribution in [0.25, 0.3) is 0 Å². The molecule has 0 aliphatic rings. The summed E-state index contributed by atoms with van der Waals surface area (Å²) < 4.78 is 10.5. The number of hydrogen-bond acceptors (Lipinski definition) is 4. The van der Waals surface area contributed by atoms with Gasteiger partial charge in [0, 0.05) is 11.6 Å². The summed E-state index contributed by atoms with van der Waals surface area (Å²) in [4.78, 5) is 11.7. The molecule has 0 radical (unpaired) electrons. The van der Waals surface area contributed by atoms with Gasteiger partial charge >= 0.3 is 0 Å². The average Bonchev–Trinajstić information content (AvgIpc) is 2.44. The third kappa shape index (κ3) is 4.44. The molecule has 1 rings (SSSR count). The molecule has 106 valence electrons. The number of likely N-dealkylation sites (N-methyl/N-ethyl adjacent to an activating group) is 1. The molecule has 0 fully saturated rings. The van der Waals surface area contributed by atoms with E-state index in [-0.39, 0.29) is 11.9 Å². The van der Waals surface area contributed by atoms with Crippen LogP contribution >= 0.6 is 0 Å². The van der Waals surface area contributed by atoms with Crippen LogP contribution in [-0.4, -0.2) is 33.2 Å². The van der Waals surface area contributed by atoms with Crippen LogP contribution in [0.4, 0.5) is 0 Å². The van der Waals surface area contributed by atoms with Crippen molar-refractivity contribution in [2.24, 2.45) is 0 Å². The summed E-state index contributed by atoms with van der Waals surface area (Å²) in [5.41, 5.74) is 0.924. The minimum Gasteiger partial charge on any atom is -0.497 e. The molecule has 19 heavy (non-hydrogen) atoms. The van der Waals surface area contributed by atoms with Crippen molar-refractivity contribution in [3.63, 3.8) is 0 Å². The molecule has 0 aliphatic carbocycles. The topological polar surface area (TPSA) is 59.6 Å². The number of methoxy groups -OCH3 is 2. The van der Waals surface area contributed by atoms with Gasteiger partial charge in [0.2, 0.25) is 5.91 Å². The summed E-state index contributed by atoms with van der Waals surface area (Å²) in [7, 11) is 3.21. The van der Waals surface area contributed by atoms with E-state index in [1.807, 2.05) is 32.0 Å². The van der Waals surface area contributed by atoms with Crippen molar-refractivity contribution in [1.29, 1.82) is 0 Å². The molecule has 5 heteroatoms. The monoisotopic (exact) mass is 266 g/mol. The first-order valence-corrected chi connectivity index (χ1v) is 6.34. The maximum atomic E-state index is 11.7. The summed E-state index contributed by atoms with van der Waals surface area (Å²) in [5.74, 6) is 1.40. The Morgan fingerprint density at radius 2 is 2.05 bits per heavy atom. The van der Waals surface area contributed by atoms with Gasteiger partial charge in [0.05, 0.1) is 26.8 Å². The third-order valence-electron chi connectivity index (χ3n) is 2.82. The van der Waals surface area contributed by atoms with Gasteiger partial charge in [-0.05, 0) is 25.6 Å². The number of carbonyl (C=O) groups is 1. The number of rotatable bonds is 7. The fourth-order valence-corrected chi connectivity index (χ4v) is 1.78. The van der Waals surface area contributed by atoms with Gasteiger partial charge in [-0.3, -0.25) is 4.79 Å². The number of amides is 1. The smallest absolute Gasteiger partial charge is 0.234 e. The first kappa shape index (κ1) is 15.3. The number of benzene rings is 1. The highest BCUT2D eigenvalue weighted by Gasteiger charge is 2.14. The highest BCUT2D eigenvalue weighted by molar-refractivity contribution is 5.78. The van der Waals surface area contributed by atoms with Crippen LogP contribution in [0.2, 0.25) is 0 Å². The van der Waals surface area contributed by atoms with Gasteiger partial charge in [-0.1, -0.05) is 6.92 Å². The van der Waals surface area contributed by atoms with Crippen LogP contribution in [0.5, 0.6) is 11.5 Å². The van der Waals surface area contributed by atoms with Gasteiger partial charge in [-0.25, -0.2) is 0 Å². The molecule has 0 aromatic heterocycles. The van der Waals surface area contributed by atoms with Crippen LogP contribution in [0.1, 0.15) is 25.5 Å². The van der Waals surface area contributed by atoms with Crippen molar-refractivity contribution in [1.82, 2.24) is 10.6 Å². The lowest BCUT2D eigenvalue weighted by Crippen LogP contribution is -2.35. The largest absolute Gasteiger partial charge is 0.497 e. The molecule has 1 amide bonds. The second kappa shape index (κ2) is 7.63. The van der Waals surface area contributed by atoms with E-state index in [9.17, 15) is 4.79 Å². The van der Waals surface area contributed by atoms with E-state index in [0.717, 1.165) is 17.9 Å². The Morgan fingerprint density at radius 3 is 2.63 bits per heavy atom. The summed E-state index contributed by atoms with van der Waals surface area (Å²) in [6, 6.07) is 5.44. The predicted octanol–water partition coefficient (Wildman–Crippen LogP) is 1.49. The van der Waals surface area contributed by atoms with E-state index >= 15 is 0 Å². The Bertz CT molecular complexity index is 421. The highest BCUT2D eigenvalue weighted by Crippen LogP contribution is 2.29. The molecular weight excluding hydrogens is 244 g/mol. The van der Waals surface area contributed by atoms with Crippen LogP contribution < -0.4 is 20.1 Å². The summed E-state index contributed by atoms with van der Waals surface area (Å²) in [6.07, 6.45) is 0. The molecule has 0 saturated heterocycles. The fourth-order valence-electron chi connectivity index (χ4n) is 1.78. The molecule has 1 atom stereocenters. The minimum absolute atomic E-state index is 0.0350. The van der Waals surface area contributed by atoms with E-state index in [2.05, 4.69) is 10.6 Å². The van der Waals surface area contributed by atoms with Crippen LogP contribution in [0.15, 0.2) is 18.2 Å². The molecule has 0 aliphatic heterocycles. The summed E-state index contributed by atoms with van der Waals surface area (Å²) in [5, 5.41) is 5.91. The predicted molar refractivity (Wildman–Crippen MR) is 74.6 cm³/mol. The summed E-state index contributed by atoms with van der Waals surface area (Å²) >= 11 is 0. The van der Waals surface area contributed by atoms with E-state index in [1.54, 1.807) is 14.2 Å². The fraction of sp³-hybridized carbons (Fsp3) is 0.500. The Hall–Kier alpha value is -1.75. The van der Waals surface area contributed by atoms with Gasteiger partial charge in [0.15, 0.2) is 0 Å². The second-order valence-corrected chi connectivity index (χ2v) is 4.18. The maximum absolute atomic E-state index is 11.7. The zero-order valence-corrected chi connectivity index (χ0v) is 11.9. The van der Waals surface area contributed by atoms with Crippen molar-refractivity contribution in [3.05, 3.63) is 23.8 Å². The number of carbonyl (C=O) groups excluding carboxylic acids is 1. The van der Waals surface area contributed by atoms with Gasteiger partial charge in [-0.15, -0.1) is 0 Å². The minimum atomic E-state index is -0.119. The van der Waals surface area contributed by atoms with Crippen LogP contribution in [0.3, 0.4) is 0 Å². The van der Waals surface area contributed by atoms with Crippen molar-refractivity contribution in [2.75, 3.05) is 27.3 Å². The lowest BCUT2D eigenvalue weighted by atomic mass is 10.1. The second-order valence-electron chi connectivity index (χ2n) is 4.18. The number of ether oxygens (including phenoxy) is 2. The Labute approximate surface area is 114 Å². The first-order valence-electron chi connectivity index (χ1n) is 6.34. The normalized spacial score (nSPS) is 11.8. The Balaban J connectivity index is 2.75. The van der Waals surface area contributed by atoms with E-state index in [0.29, 0.717) is 12.3 Å². The van der Waals surface area contributed by atoms with E-state index in [4.69, 9.17) is 9.47 Å². The average molecular weight is 266 g/mol. The molecular formula is C14H22N2O3. The summed E-state index contributed by atoms with van der Waals surface area (Å²) in [6.45, 7) is 4.98. The van der Waals surface area contributed by atoms with Crippen LogP contribution in [0, 0.1) is 0 Å². The number of nitrogens with one attached hydrogen (secondary N) is 2. The third-order valence-corrected chi connectivity index (χ3v) is 2.82. The van der Waals surface area contributed by atoms with Gasteiger partial charge < -0.3 is 20.1 Å². The Morgan fingerprint density at radius 1 is 1.32 bits per heavy atom. The SMILES string of the molecule is CCNCC(=O)NC(C)c1ccc(OC)cc1OC. The standard InChI is InChI=1S/C14H22N2O3/c1-5-15-9-14(17)16-10(2)12-7-6-11(18-3)8-13(12)19-4/h6-8,10,15H,5,9H2,1-4H3,(H,16,17). The lowest BCUT2D eigenvalue weighted by molar-refractivity contribution is -0.120. The molecule has 2 N–H and O–H groups in total. The van der Waals surface area contributed by atoms with Crippen molar-refractivity contribution in [3.8, 4) is 11.5 Å². The maximum Gasteiger partial charge on any atom is 0.234 e. The lowest BCUT2D eigenvalue weighted by Gasteiger charge is -2.18. The van der Waals surface area contributed by atoms with Gasteiger partial charge in [-0.2, -0.15) is 0 Å². The molecule has 1 aromatic carbocycles. The molecule has 0 bridgehead atoms. The molecule has 0 heterocycles. The first-order chi connectivity index (χ1) is 9.12.